The minimum absolute atomic E-state index is 0.136. The lowest BCUT2D eigenvalue weighted by Crippen LogP contribution is -2.19. The van der Waals surface area contributed by atoms with Crippen LogP contribution in [-0.2, 0) is 28.8 Å². The lowest BCUT2D eigenvalue weighted by atomic mass is 10.0. The molecule has 1 atom stereocenters. The van der Waals surface area contributed by atoms with Crippen LogP contribution in [0.3, 0.4) is 0 Å². The number of hydrogen-bond acceptors (Lipinski definition) is 4. The molecule has 94 valence electrons. The van der Waals surface area contributed by atoms with Gasteiger partial charge in [0.15, 0.2) is 0 Å². The van der Waals surface area contributed by atoms with Crippen LogP contribution in [0.1, 0.15) is 16.7 Å². The third-order valence-electron chi connectivity index (χ3n) is 2.67. The van der Waals surface area contributed by atoms with E-state index in [2.05, 4.69) is 4.74 Å². The summed E-state index contributed by atoms with van der Waals surface area (Å²) < 4.78 is 4.25. The Hall–Kier alpha value is -1.39. The van der Waals surface area contributed by atoms with Crippen LogP contribution in [0.5, 0.6) is 5.75 Å². The first-order valence-electron chi connectivity index (χ1n) is 5.55. The fraction of sp³-hybridized carbons (Fsp3) is 0.462. The molecule has 1 aliphatic carbocycles. The maximum Gasteiger partial charge on any atom is 0.124 e. The molecule has 0 saturated carbocycles. The molecule has 0 amide bonds. The van der Waals surface area contributed by atoms with E-state index in [1.165, 1.54) is 0 Å². The number of carbonyl (C=O) groups excluding carboxylic acids is 1. The number of phenolic OH excluding ortho intramolecular Hbond substituents is 1. The van der Waals surface area contributed by atoms with Crippen LogP contribution in [0.4, 0.5) is 0 Å². The number of hydrogen-bond donors (Lipinski definition) is 2. The highest BCUT2D eigenvalue weighted by Crippen LogP contribution is 2.29. The molecule has 1 aromatic carbocycles. The van der Waals surface area contributed by atoms with Gasteiger partial charge in [0.25, 0.3) is 0 Å². The number of aldehydes is 1. The van der Waals surface area contributed by atoms with Gasteiger partial charge in [-0.3, -0.25) is 0 Å². The maximum atomic E-state index is 10.5. The Morgan fingerprint density at radius 1 is 1.47 bits per heavy atom. The van der Waals surface area contributed by atoms with Gasteiger partial charge >= 0.3 is 0 Å². The summed E-state index contributed by atoms with van der Waals surface area (Å²) in [6.07, 6.45) is 2.84. The minimum Gasteiger partial charge on any atom is -0.508 e. The highest BCUT2D eigenvalue weighted by Gasteiger charge is 2.21. The number of phenols is 1. The van der Waals surface area contributed by atoms with Gasteiger partial charge in [0, 0.05) is 26.7 Å². The van der Waals surface area contributed by atoms with Crippen LogP contribution >= 0.6 is 0 Å². The number of fused-ring (bicyclic) bond motifs is 1. The summed E-state index contributed by atoms with van der Waals surface area (Å²) in [5.41, 5.74) is 9.00. The zero-order valence-corrected chi connectivity index (χ0v) is 10.3. The minimum atomic E-state index is 0.136. The third-order valence-corrected chi connectivity index (χ3v) is 2.67. The summed E-state index contributed by atoms with van der Waals surface area (Å²) >= 11 is 0. The monoisotopic (exact) mass is 237 g/mol. The summed E-state index contributed by atoms with van der Waals surface area (Å²) in [6.45, 7) is 0. The molecule has 17 heavy (non-hydrogen) atoms. The molecule has 0 spiro atoms. The van der Waals surface area contributed by atoms with Gasteiger partial charge in [-0.2, -0.15) is 0 Å². The van der Waals surface area contributed by atoms with Crippen LogP contribution in [-0.4, -0.2) is 31.7 Å². The number of rotatable bonds is 2. The van der Waals surface area contributed by atoms with Gasteiger partial charge in [-0.05, 0) is 41.7 Å². The Bertz CT molecular complexity index is 390. The van der Waals surface area contributed by atoms with Gasteiger partial charge in [-0.15, -0.1) is 0 Å². The molecule has 3 N–H and O–H groups in total. The molecule has 0 radical (unpaired) electrons. The van der Waals surface area contributed by atoms with Crippen molar-refractivity contribution in [2.75, 3.05) is 14.2 Å². The average Bonchev–Trinajstić information content (AvgIpc) is 2.60. The molecule has 2 rings (SSSR count). The number of nitrogens with two attached hydrogens (primary N) is 1. The second-order valence-electron chi connectivity index (χ2n) is 4.19. The summed E-state index contributed by atoms with van der Waals surface area (Å²) in [5.74, 6) is 0.231. The Balaban J connectivity index is 0.000000437. The standard InChI is InChI=1S/C11H13NO2.C2H6O/c12-9-3-8-5-10(14)4-7(1-2-13)11(8)6-9;1-3-2/h2,4-5,9,14H,1,3,6,12H2;1-2H3. The van der Waals surface area contributed by atoms with Gasteiger partial charge < -0.3 is 20.4 Å². The predicted octanol–water partition coefficient (Wildman–Crippen LogP) is 0.822. The van der Waals surface area contributed by atoms with Gasteiger partial charge in [0.2, 0.25) is 0 Å². The normalized spacial score (nSPS) is 17.0. The molecule has 0 aliphatic heterocycles. The van der Waals surface area contributed by atoms with Crippen molar-refractivity contribution in [3.05, 3.63) is 28.8 Å². The topological polar surface area (TPSA) is 72.6 Å². The van der Waals surface area contributed by atoms with Crippen LogP contribution < -0.4 is 5.73 Å². The summed E-state index contributed by atoms with van der Waals surface area (Å²) in [5, 5.41) is 9.43. The fourth-order valence-electron chi connectivity index (χ4n) is 2.11. The average molecular weight is 237 g/mol. The van der Waals surface area contributed by atoms with Crippen molar-refractivity contribution in [1.82, 2.24) is 0 Å². The Labute approximate surface area is 101 Å². The molecule has 0 aromatic heterocycles. The SMILES string of the molecule is COC.NC1Cc2cc(O)cc(CC=O)c2C1. The highest BCUT2D eigenvalue weighted by molar-refractivity contribution is 5.59. The first-order valence-corrected chi connectivity index (χ1v) is 5.55. The quantitative estimate of drug-likeness (QED) is 0.747. The van der Waals surface area contributed by atoms with Gasteiger partial charge in [-0.25, -0.2) is 0 Å². The Kier molecular flexibility index (Phi) is 5.12. The molecule has 0 bridgehead atoms. The maximum absolute atomic E-state index is 10.5. The molecule has 4 heteroatoms. The molecule has 1 aromatic rings. The van der Waals surface area contributed by atoms with E-state index in [0.29, 0.717) is 6.42 Å². The number of aromatic hydroxyl groups is 1. The molecule has 1 unspecified atom stereocenters. The first kappa shape index (κ1) is 13.7. The van der Waals surface area contributed by atoms with Crippen molar-refractivity contribution in [2.24, 2.45) is 5.73 Å². The number of methoxy groups -OCH3 is 1. The largest absolute Gasteiger partial charge is 0.508 e. The van der Waals surface area contributed by atoms with E-state index >= 15 is 0 Å². The lowest BCUT2D eigenvalue weighted by Gasteiger charge is -2.06. The molecular formula is C13H19NO3. The summed E-state index contributed by atoms with van der Waals surface area (Å²) in [7, 11) is 3.25. The summed E-state index contributed by atoms with van der Waals surface area (Å²) in [4.78, 5) is 10.5. The van der Waals surface area contributed by atoms with Crippen LogP contribution in [0, 0.1) is 0 Å². The second kappa shape index (κ2) is 6.37. The number of benzene rings is 1. The van der Waals surface area contributed by atoms with Gasteiger partial charge in [0.05, 0.1) is 0 Å². The van der Waals surface area contributed by atoms with Crippen molar-refractivity contribution < 1.29 is 14.6 Å². The zero-order chi connectivity index (χ0) is 12.8. The van der Waals surface area contributed by atoms with E-state index in [0.717, 1.165) is 35.8 Å². The molecule has 0 fully saturated rings. The fourth-order valence-corrected chi connectivity index (χ4v) is 2.11. The van der Waals surface area contributed by atoms with Crippen LogP contribution in [0.2, 0.25) is 0 Å². The lowest BCUT2D eigenvalue weighted by molar-refractivity contribution is -0.107. The Morgan fingerprint density at radius 3 is 2.71 bits per heavy atom. The molecular weight excluding hydrogens is 218 g/mol. The first-order chi connectivity index (χ1) is 8.12. The van der Waals surface area contributed by atoms with E-state index in [9.17, 15) is 9.90 Å². The smallest absolute Gasteiger partial charge is 0.124 e. The van der Waals surface area contributed by atoms with Crippen LogP contribution in [0.25, 0.3) is 0 Å². The van der Waals surface area contributed by atoms with Crippen molar-refractivity contribution in [2.45, 2.75) is 25.3 Å². The van der Waals surface area contributed by atoms with Crippen molar-refractivity contribution in [3.63, 3.8) is 0 Å². The highest BCUT2D eigenvalue weighted by atomic mass is 16.4. The zero-order valence-electron chi connectivity index (χ0n) is 10.3. The van der Waals surface area contributed by atoms with Crippen molar-refractivity contribution >= 4 is 6.29 Å². The van der Waals surface area contributed by atoms with Gasteiger partial charge in [0.1, 0.15) is 12.0 Å². The van der Waals surface area contributed by atoms with E-state index < -0.39 is 0 Å². The van der Waals surface area contributed by atoms with Gasteiger partial charge in [-0.1, -0.05) is 0 Å². The molecule has 4 nitrogen and oxygen atoms in total. The molecule has 0 heterocycles. The Morgan fingerprint density at radius 2 is 2.12 bits per heavy atom. The van der Waals surface area contributed by atoms with Crippen molar-refractivity contribution in [3.8, 4) is 5.75 Å². The molecule has 1 aliphatic rings. The second-order valence-corrected chi connectivity index (χ2v) is 4.19. The van der Waals surface area contributed by atoms with E-state index in [1.807, 2.05) is 0 Å². The van der Waals surface area contributed by atoms with Crippen LogP contribution in [0.15, 0.2) is 12.1 Å². The number of ether oxygens (including phenoxy) is 1. The van der Waals surface area contributed by atoms with E-state index in [4.69, 9.17) is 5.73 Å². The summed E-state index contributed by atoms with van der Waals surface area (Å²) in [6, 6.07) is 3.54. The number of carbonyl (C=O) groups is 1. The van der Waals surface area contributed by atoms with E-state index in [-0.39, 0.29) is 11.8 Å². The van der Waals surface area contributed by atoms with Crippen molar-refractivity contribution in [1.29, 1.82) is 0 Å². The molecule has 0 saturated heterocycles. The third kappa shape index (κ3) is 3.54. The van der Waals surface area contributed by atoms with E-state index in [1.54, 1.807) is 26.4 Å². The predicted molar refractivity (Wildman–Crippen MR) is 66.2 cm³/mol.